The predicted molar refractivity (Wildman–Crippen MR) is 82.8 cm³/mol. The minimum absolute atomic E-state index is 0.173. The van der Waals surface area contributed by atoms with Gasteiger partial charge in [0, 0.05) is 49.3 Å². The monoisotopic (exact) mass is 317 g/mol. The van der Waals surface area contributed by atoms with Crippen LogP contribution in [0.3, 0.4) is 0 Å². The van der Waals surface area contributed by atoms with Gasteiger partial charge in [0.15, 0.2) is 0 Å². The SMILES string of the molecule is CNC(Cc1cc(Cl)ccc1Cl)C1(OC)CCOCC1. The van der Waals surface area contributed by atoms with E-state index in [0.29, 0.717) is 5.02 Å². The van der Waals surface area contributed by atoms with Gasteiger partial charge in [-0.25, -0.2) is 0 Å². The number of hydrogen-bond acceptors (Lipinski definition) is 3. The molecule has 1 heterocycles. The lowest BCUT2D eigenvalue weighted by Crippen LogP contribution is -2.55. The van der Waals surface area contributed by atoms with E-state index in [0.717, 1.165) is 43.1 Å². The largest absolute Gasteiger partial charge is 0.381 e. The summed E-state index contributed by atoms with van der Waals surface area (Å²) in [5.41, 5.74) is 0.833. The van der Waals surface area contributed by atoms with Gasteiger partial charge >= 0.3 is 0 Å². The first-order valence-electron chi connectivity index (χ1n) is 6.85. The predicted octanol–water partition coefficient (Wildman–Crippen LogP) is 3.32. The number of hydrogen-bond donors (Lipinski definition) is 1. The van der Waals surface area contributed by atoms with Crippen molar-refractivity contribution in [1.82, 2.24) is 5.32 Å². The maximum absolute atomic E-state index is 6.27. The second-order valence-electron chi connectivity index (χ2n) is 5.16. The fraction of sp³-hybridized carbons (Fsp3) is 0.600. The summed E-state index contributed by atoms with van der Waals surface area (Å²) in [6.07, 6.45) is 2.55. The molecule has 1 saturated heterocycles. The molecule has 1 N–H and O–H groups in total. The van der Waals surface area contributed by atoms with Crippen molar-refractivity contribution in [3.8, 4) is 0 Å². The van der Waals surface area contributed by atoms with Crippen LogP contribution < -0.4 is 5.32 Å². The fourth-order valence-electron chi connectivity index (χ4n) is 2.88. The minimum atomic E-state index is -0.210. The average Bonchev–Trinajstić information content (AvgIpc) is 2.48. The molecule has 1 unspecified atom stereocenters. The quantitative estimate of drug-likeness (QED) is 0.903. The Labute approximate surface area is 130 Å². The van der Waals surface area contributed by atoms with Crippen molar-refractivity contribution in [1.29, 1.82) is 0 Å². The van der Waals surface area contributed by atoms with Gasteiger partial charge in [0.1, 0.15) is 0 Å². The molecule has 2 rings (SSSR count). The number of benzene rings is 1. The Hall–Kier alpha value is -0.320. The summed E-state index contributed by atoms with van der Waals surface area (Å²) >= 11 is 12.3. The van der Waals surface area contributed by atoms with E-state index in [9.17, 15) is 0 Å². The van der Waals surface area contributed by atoms with Crippen LogP contribution in [-0.4, -0.2) is 39.0 Å². The average molecular weight is 318 g/mol. The first-order valence-corrected chi connectivity index (χ1v) is 7.61. The van der Waals surface area contributed by atoms with Crippen LogP contribution >= 0.6 is 23.2 Å². The van der Waals surface area contributed by atoms with E-state index in [1.165, 1.54) is 0 Å². The van der Waals surface area contributed by atoms with Crippen LogP contribution in [0.4, 0.5) is 0 Å². The molecule has 3 nitrogen and oxygen atoms in total. The molecule has 0 radical (unpaired) electrons. The van der Waals surface area contributed by atoms with Crippen molar-refractivity contribution in [3.63, 3.8) is 0 Å². The molecule has 0 bridgehead atoms. The molecule has 5 heteroatoms. The Balaban J connectivity index is 2.21. The van der Waals surface area contributed by atoms with Gasteiger partial charge in [0.05, 0.1) is 5.60 Å². The molecular formula is C15H21Cl2NO2. The van der Waals surface area contributed by atoms with Gasteiger partial charge in [-0.3, -0.25) is 0 Å². The lowest BCUT2D eigenvalue weighted by molar-refractivity contribution is -0.109. The van der Waals surface area contributed by atoms with Crippen molar-refractivity contribution < 1.29 is 9.47 Å². The molecule has 1 aliphatic heterocycles. The Bertz CT molecular complexity index is 447. The number of rotatable bonds is 5. The highest BCUT2D eigenvalue weighted by atomic mass is 35.5. The van der Waals surface area contributed by atoms with Gasteiger partial charge in [-0.2, -0.15) is 0 Å². The molecule has 0 spiro atoms. The topological polar surface area (TPSA) is 30.5 Å². The number of methoxy groups -OCH3 is 1. The summed E-state index contributed by atoms with van der Waals surface area (Å²) < 4.78 is 11.3. The van der Waals surface area contributed by atoms with E-state index in [2.05, 4.69) is 5.32 Å². The zero-order chi connectivity index (χ0) is 14.6. The van der Waals surface area contributed by atoms with Crippen LogP contribution in [0.2, 0.25) is 10.0 Å². The lowest BCUT2D eigenvalue weighted by Gasteiger charge is -2.42. The Morgan fingerprint density at radius 1 is 1.35 bits per heavy atom. The van der Waals surface area contributed by atoms with Crippen LogP contribution in [0.1, 0.15) is 18.4 Å². The number of nitrogens with one attached hydrogen (secondary N) is 1. The van der Waals surface area contributed by atoms with Crippen LogP contribution in [0.5, 0.6) is 0 Å². The molecule has 112 valence electrons. The van der Waals surface area contributed by atoms with Gasteiger partial charge in [-0.05, 0) is 37.2 Å². The fourth-order valence-corrected chi connectivity index (χ4v) is 3.27. The molecule has 1 aliphatic rings. The second kappa shape index (κ2) is 7.10. The smallest absolute Gasteiger partial charge is 0.0877 e. The highest BCUT2D eigenvalue weighted by Gasteiger charge is 2.40. The molecule has 1 fully saturated rings. The zero-order valence-electron chi connectivity index (χ0n) is 11.9. The van der Waals surface area contributed by atoms with Crippen LogP contribution in [0, 0.1) is 0 Å². The maximum Gasteiger partial charge on any atom is 0.0877 e. The Morgan fingerprint density at radius 3 is 2.65 bits per heavy atom. The first kappa shape index (κ1) is 16.1. The van der Waals surface area contributed by atoms with Gasteiger partial charge in [-0.1, -0.05) is 23.2 Å². The molecule has 0 amide bonds. The van der Waals surface area contributed by atoms with Crippen molar-refractivity contribution in [2.24, 2.45) is 0 Å². The zero-order valence-corrected chi connectivity index (χ0v) is 13.4. The highest BCUT2D eigenvalue weighted by molar-refractivity contribution is 6.33. The molecule has 1 aromatic rings. The Morgan fingerprint density at radius 2 is 2.05 bits per heavy atom. The lowest BCUT2D eigenvalue weighted by atomic mass is 9.82. The summed E-state index contributed by atoms with van der Waals surface area (Å²) in [5, 5.41) is 4.83. The van der Waals surface area contributed by atoms with E-state index in [1.807, 2.05) is 25.2 Å². The molecule has 0 aliphatic carbocycles. The summed E-state index contributed by atoms with van der Waals surface area (Å²) in [5.74, 6) is 0. The number of ether oxygens (including phenoxy) is 2. The van der Waals surface area contributed by atoms with Crippen LogP contribution in [0.15, 0.2) is 18.2 Å². The van der Waals surface area contributed by atoms with E-state index < -0.39 is 0 Å². The number of likely N-dealkylation sites (N-methyl/N-ethyl adjacent to an activating group) is 1. The number of halogens is 2. The minimum Gasteiger partial charge on any atom is -0.381 e. The van der Waals surface area contributed by atoms with Crippen LogP contribution in [-0.2, 0) is 15.9 Å². The summed E-state index contributed by atoms with van der Waals surface area (Å²) in [6.45, 7) is 1.46. The normalized spacial score (nSPS) is 19.8. The van der Waals surface area contributed by atoms with E-state index in [4.69, 9.17) is 32.7 Å². The van der Waals surface area contributed by atoms with Gasteiger partial charge in [-0.15, -0.1) is 0 Å². The van der Waals surface area contributed by atoms with Crippen molar-refractivity contribution in [2.75, 3.05) is 27.4 Å². The van der Waals surface area contributed by atoms with Gasteiger partial charge < -0.3 is 14.8 Å². The van der Waals surface area contributed by atoms with Crippen LogP contribution in [0.25, 0.3) is 0 Å². The molecule has 20 heavy (non-hydrogen) atoms. The van der Waals surface area contributed by atoms with Gasteiger partial charge in [0.25, 0.3) is 0 Å². The summed E-state index contributed by atoms with van der Waals surface area (Å²) in [4.78, 5) is 0. The van der Waals surface area contributed by atoms with Crippen molar-refractivity contribution >= 4 is 23.2 Å². The third-order valence-electron chi connectivity index (χ3n) is 4.16. The van der Waals surface area contributed by atoms with E-state index in [1.54, 1.807) is 7.11 Å². The highest BCUT2D eigenvalue weighted by Crippen LogP contribution is 2.32. The van der Waals surface area contributed by atoms with Crippen molar-refractivity contribution in [2.45, 2.75) is 30.9 Å². The third kappa shape index (κ3) is 3.46. The molecule has 1 aromatic carbocycles. The molecule has 0 saturated carbocycles. The summed E-state index contributed by atoms with van der Waals surface area (Å²) in [7, 11) is 3.73. The Kier molecular flexibility index (Phi) is 5.70. The molecule has 0 aromatic heterocycles. The second-order valence-corrected chi connectivity index (χ2v) is 6.01. The standard InChI is InChI=1S/C15H21Cl2NO2/c1-18-14(15(19-2)5-7-20-8-6-15)10-11-9-12(16)3-4-13(11)17/h3-4,9,14,18H,5-8,10H2,1-2H3. The molecular weight excluding hydrogens is 297 g/mol. The third-order valence-corrected chi connectivity index (χ3v) is 4.76. The first-order chi connectivity index (χ1) is 9.61. The maximum atomic E-state index is 6.27. The van der Waals surface area contributed by atoms with E-state index >= 15 is 0 Å². The molecule has 1 atom stereocenters. The van der Waals surface area contributed by atoms with Crippen molar-refractivity contribution in [3.05, 3.63) is 33.8 Å². The summed E-state index contributed by atoms with van der Waals surface area (Å²) in [6, 6.07) is 5.75. The van der Waals surface area contributed by atoms with Gasteiger partial charge in [0.2, 0.25) is 0 Å². The van der Waals surface area contributed by atoms with E-state index in [-0.39, 0.29) is 11.6 Å².